The molecule has 2 rings (SSSR count). The van der Waals surface area contributed by atoms with Crippen LogP contribution in [0.4, 0.5) is 10.7 Å². The third kappa shape index (κ3) is 3.86. The Balaban J connectivity index is 1.73. The van der Waals surface area contributed by atoms with Crippen molar-refractivity contribution in [3.05, 3.63) is 54.4 Å². The van der Waals surface area contributed by atoms with Gasteiger partial charge in [-0.05, 0) is 18.1 Å². The van der Waals surface area contributed by atoms with Gasteiger partial charge in [0.25, 0.3) is 0 Å². The largest absolute Gasteiger partial charge is 0.337 e. The van der Waals surface area contributed by atoms with Crippen LogP contribution in [0, 0.1) is 0 Å². The highest BCUT2D eigenvalue weighted by Crippen LogP contribution is 1.98. The highest BCUT2D eigenvalue weighted by Gasteiger charge is 2.01. The minimum Gasteiger partial charge on any atom is -0.337 e. The molecular weight excluding hydrogens is 228 g/mol. The van der Waals surface area contributed by atoms with Gasteiger partial charge in [0.2, 0.25) is 5.95 Å². The molecule has 0 spiro atoms. The van der Waals surface area contributed by atoms with Crippen molar-refractivity contribution >= 4 is 12.0 Å². The molecule has 0 bridgehead atoms. The van der Waals surface area contributed by atoms with E-state index in [-0.39, 0.29) is 6.03 Å². The average Bonchev–Trinajstić information content (AvgIpc) is 2.41. The Hall–Kier alpha value is -2.43. The molecule has 5 heteroatoms. The van der Waals surface area contributed by atoms with E-state index in [2.05, 4.69) is 20.6 Å². The fourth-order valence-electron chi connectivity index (χ4n) is 1.47. The van der Waals surface area contributed by atoms with Crippen LogP contribution in [0.2, 0.25) is 0 Å². The summed E-state index contributed by atoms with van der Waals surface area (Å²) >= 11 is 0. The molecule has 0 radical (unpaired) electrons. The number of urea groups is 1. The first kappa shape index (κ1) is 12.0. The molecule has 0 saturated carbocycles. The number of anilines is 1. The standard InChI is InChI=1S/C13H14N4O/c18-13(17-12-14-8-4-9-15-12)16-10-7-11-5-2-1-3-6-11/h1-6,8-9H,7,10H2,(H2,14,15,16,17,18). The van der Waals surface area contributed by atoms with Crippen LogP contribution in [-0.2, 0) is 6.42 Å². The maximum Gasteiger partial charge on any atom is 0.321 e. The first-order valence-corrected chi connectivity index (χ1v) is 5.70. The van der Waals surface area contributed by atoms with Crippen molar-refractivity contribution < 1.29 is 4.79 Å². The van der Waals surface area contributed by atoms with Crippen molar-refractivity contribution in [2.75, 3.05) is 11.9 Å². The van der Waals surface area contributed by atoms with E-state index >= 15 is 0 Å². The SMILES string of the molecule is O=C(NCCc1ccccc1)Nc1ncccn1. The third-order valence-electron chi connectivity index (χ3n) is 2.33. The predicted molar refractivity (Wildman–Crippen MR) is 69.2 cm³/mol. The lowest BCUT2D eigenvalue weighted by atomic mass is 10.1. The van der Waals surface area contributed by atoms with Gasteiger partial charge in [0, 0.05) is 18.9 Å². The molecule has 1 heterocycles. The topological polar surface area (TPSA) is 66.9 Å². The molecule has 0 aliphatic heterocycles. The molecule has 1 aromatic heterocycles. The quantitative estimate of drug-likeness (QED) is 0.859. The molecule has 2 aromatic rings. The van der Waals surface area contributed by atoms with Crippen LogP contribution in [0.5, 0.6) is 0 Å². The molecule has 0 atom stereocenters. The number of carbonyl (C=O) groups excluding carboxylic acids is 1. The number of benzene rings is 1. The summed E-state index contributed by atoms with van der Waals surface area (Å²) < 4.78 is 0. The molecule has 0 fully saturated rings. The van der Waals surface area contributed by atoms with Gasteiger partial charge < -0.3 is 5.32 Å². The van der Waals surface area contributed by atoms with Crippen LogP contribution < -0.4 is 10.6 Å². The lowest BCUT2D eigenvalue weighted by Crippen LogP contribution is -2.31. The summed E-state index contributed by atoms with van der Waals surface area (Å²) in [5.74, 6) is 0.301. The molecule has 0 aliphatic rings. The molecule has 0 saturated heterocycles. The summed E-state index contributed by atoms with van der Waals surface area (Å²) in [7, 11) is 0. The van der Waals surface area contributed by atoms with E-state index in [1.807, 2.05) is 30.3 Å². The predicted octanol–water partition coefficient (Wildman–Crippen LogP) is 1.84. The summed E-state index contributed by atoms with van der Waals surface area (Å²) in [5.41, 5.74) is 1.19. The Morgan fingerprint density at radius 3 is 2.50 bits per heavy atom. The van der Waals surface area contributed by atoms with Crippen molar-refractivity contribution in [3.63, 3.8) is 0 Å². The van der Waals surface area contributed by atoms with Gasteiger partial charge in [-0.2, -0.15) is 0 Å². The zero-order valence-corrected chi connectivity index (χ0v) is 9.84. The number of nitrogens with zero attached hydrogens (tertiary/aromatic N) is 2. The minimum absolute atomic E-state index is 0.294. The monoisotopic (exact) mass is 242 g/mol. The second-order valence-electron chi connectivity index (χ2n) is 3.69. The average molecular weight is 242 g/mol. The van der Waals surface area contributed by atoms with Crippen LogP contribution in [0.25, 0.3) is 0 Å². The van der Waals surface area contributed by atoms with E-state index in [4.69, 9.17) is 0 Å². The fraction of sp³-hybridized carbons (Fsp3) is 0.154. The van der Waals surface area contributed by atoms with Crippen LogP contribution in [0.3, 0.4) is 0 Å². The number of amides is 2. The Labute approximate surface area is 105 Å². The third-order valence-corrected chi connectivity index (χ3v) is 2.33. The summed E-state index contributed by atoms with van der Waals surface area (Å²) in [6.45, 7) is 0.572. The smallest absolute Gasteiger partial charge is 0.321 e. The molecule has 0 unspecified atom stereocenters. The molecular formula is C13H14N4O. The number of aromatic nitrogens is 2. The normalized spacial score (nSPS) is 9.78. The van der Waals surface area contributed by atoms with Crippen LogP contribution >= 0.6 is 0 Å². The number of hydrogen-bond acceptors (Lipinski definition) is 3. The number of hydrogen-bond donors (Lipinski definition) is 2. The number of carbonyl (C=O) groups is 1. The molecule has 5 nitrogen and oxygen atoms in total. The van der Waals surface area contributed by atoms with E-state index in [0.717, 1.165) is 6.42 Å². The summed E-state index contributed by atoms with van der Waals surface area (Å²) in [5, 5.41) is 5.31. The van der Waals surface area contributed by atoms with Crippen molar-refractivity contribution in [2.45, 2.75) is 6.42 Å². The van der Waals surface area contributed by atoms with Crippen molar-refractivity contribution in [2.24, 2.45) is 0 Å². The molecule has 92 valence electrons. The molecule has 2 amide bonds. The zero-order valence-electron chi connectivity index (χ0n) is 9.84. The first-order valence-electron chi connectivity index (χ1n) is 5.70. The second-order valence-corrected chi connectivity index (χ2v) is 3.69. The lowest BCUT2D eigenvalue weighted by molar-refractivity contribution is 0.252. The highest BCUT2D eigenvalue weighted by atomic mass is 16.2. The van der Waals surface area contributed by atoms with E-state index in [1.165, 1.54) is 5.56 Å². The van der Waals surface area contributed by atoms with Gasteiger partial charge in [-0.3, -0.25) is 5.32 Å². The van der Waals surface area contributed by atoms with Gasteiger partial charge in [-0.25, -0.2) is 14.8 Å². The van der Waals surface area contributed by atoms with Crippen LogP contribution in [0.15, 0.2) is 48.8 Å². The van der Waals surface area contributed by atoms with Gasteiger partial charge >= 0.3 is 6.03 Å². The lowest BCUT2D eigenvalue weighted by Gasteiger charge is -2.06. The van der Waals surface area contributed by atoms with Crippen molar-refractivity contribution in [1.82, 2.24) is 15.3 Å². The van der Waals surface area contributed by atoms with Crippen LogP contribution in [0.1, 0.15) is 5.56 Å². The second kappa shape index (κ2) is 6.34. The molecule has 18 heavy (non-hydrogen) atoms. The summed E-state index contributed by atoms with van der Waals surface area (Å²) in [4.78, 5) is 19.3. The van der Waals surface area contributed by atoms with E-state index in [0.29, 0.717) is 12.5 Å². The number of rotatable bonds is 4. The summed E-state index contributed by atoms with van der Waals surface area (Å²) in [6, 6.07) is 11.4. The minimum atomic E-state index is -0.294. The zero-order chi connectivity index (χ0) is 12.6. The number of nitrogens with one attached hydrogen (secondary N) is 2. The maximum absolute atomic E-state index is 11.5. The fourth-order valence-corrected chi connectivity index (χ4v) is 1.47. The van der Waals surface area contributed by atoms with Gasteiger partial charge in [0.1, 0.15) is 0 Å². The van der Waals surface area contributed by atoms with Gasteiger partial charge in [0.15, 0.2) is 0 Å². The maximum atomic E-state index is 11.5. The van der Waals surface area contributed by atoms with E-state index in [9.17, 15) is 4.79 Å². The molecule has 0 aliphatic carbocycles. The Kier molecular flexibility index (Phi) is 4.24. The highest BCUT2D eigenvalue weighted by molar-refractivity contribution is 5.87. The summed E-state index contributed by atoms with van der Waals surface area (Å²) in [6.07, 6.45) is 3.95. The Morgan fingerprint density at radius 1 is 1.06 bits per heavy atom. The first-order chi connectivity index (χ1) is 8.84. The Bertz CT molecular complexity index is 487. The van der Waals surface area contributed by atoms with Crippen molar-refractivity contribution in [3.8, 4) is 0 Å². The molecule has 1 aromatic carbocycles. The van der Waals surface area contributed by atoms with Gasteiger partial charge in [-0.15, -0.1) is 0 Å². The van der Waals surface area contributed by atoms with Gasteiger partial charge in [0.05, 0.1) is 0 Å². The molecule has 2 N–H and O–H groups in total. The van der Waals surface area contributed by atoms with E-state index < -0.39 is 0 Å². The van der Waals surface area contributed by atoms with Gasteiger partial charge in [-0.1, -0.05) is 30.3 Å². The van der Waals surface area contributed by atoms with Crippen LogP contribution in [-0.4, -0.2) is 22.5 Å². The Morgan fingerprint density at radius 2 is 1.78 bits per heavy atom. The van der Waals surface area contributed by atoms with Crippen molar-refractivity contribution in [1.29, 1.82) is 0 Å². The van der Waals surface area contributed by atoms with E-state index in [1.54, 1.807) is 18.5 Å².